The zero-order valence-electron chi connectivity index (χ0n) is 13.7. The molecule has 0 unspecified atom stereocenters. The van der Waals surface area contributed by atoms with Gasteiger partial charge in [-0.3, -0.25) is 14.4 Å². The molecule has 0 aliphatic carbocycles. The van der Waals surface area contributed by atoms with Crippen molar-refractivity contribution in [1.82, 2.24) is 9.47 Å². The number of rotatable bonds is 6. The fourth-order valence-electron chi connectivity index (χ4n) is 2.59. The van der Waals surface area contributed by atoms with Crippen molar-refractivity contribution in [1.29, 1.82) is 0 Å². The average Bonchev–Trinajstić information content (AvgIpc) is 2.84. The van der Waals surface area contributed by atoms with Crippen LogP contribution in [0.2, 0.25) is 0 Å². The van der Waals surface area contributed by atoms with Crippen LogP contribution in [0.15, 0.2) is 36.4 Å². The van der Waals surface area contributed by atoms with Crippen LogP contribution >= 0.6 is 0 Å². The summed E-state index contributed by atoms with van der Waals surface area (Å²) in [6.45, 7) is 3.26. The van der Waals surface area contributed by atoms with Gasteiger partial charge in [-0.25, -0.2) is 0 Å². The molecule has 1 aromatic heterocycles. The van der Waals surface area contributed by atoms with E-state index < -0.39 is 17.7 Å². The molecule has 126 valence electrons. The van der Waals surface area contributed by atoms with Crippen molar-refractivity contribution < 1.29 is 14.4 Å². The maximum Gasteiger partial charge on any atom is 0.254 e. The number of primary amides is 2. The molecule has 0 atom stereocenters. The Morgan fingerprint density at radius 2 is 1.33 bits per heavy atom. The minimum Gasteiger partial charge on any atom is -0.368 e. The number of aryl methyl sites for hydroxylation is 2. The third-order valence-electron chi connectivity index (χ3n) is 3.62. The molecule has 4 N–H and O–H groups in total. The SMILES string of the molecule is Cc1ccc(C)n1-c1ccc(C(=O)N(CC(N)=O)CC(N)=O)cc1. The summed E-state index contributed by atoms with van der Waals surface area (Å²) >= 11 is 0. The highest BCUT2D eigenvalue weighted by Gasteiger charge is 2.19. The monoisotopic (exact) mass is 328 g/mol. The number of amides is 3. The van der Waals surface area contributed by atoms with Crippen molar-refractivity contribution >= 4 is 17.7 Å². The van der Waals surface area contributed by atoms with Gasteiger partial charge in [-0.15, -0.1) is 0 Å². The van der Waals surface area contributed by atoms with Crippen LogP contribution in [-0.4, -0.2) is 40.3 Å². The topological polar surface area (TPSA) is 111 Å². The Kier molecular flexibility index (Phi) is 5.03. The Morgan fingerprint density at radius 1 is 0.875 bits per heavy atom. The number of nitrogens with zero attached hydrogens (tertiary/aromatic N) is 2. The minimum atomic E-state index is -0.709. The molecule has 0 bridgehead atoms. The van der Waals surface area contributed by atoms with Gasteiger partial charge in [0.05, 0.1) is 0 Å². The van der Waals surface area contributed by atoms with Crippen molar-refractivity contribution in [2.45, 2.75) is 13.8 Å². The Hall–Kier alpha value is -3.09. The molecule has 2 rings (SSSR count). The van der Waals surface area contributed by atoms with E-state index in [0.29, 0.717) is 5.56 Å². The van der Waals surface area contributed by atoms with Gasteiger partial charge in [-0.05, 0) is 50.2 Å². The Morgan fingerprint density at radius 3 is 1.75 bits per heavy atom. The number of hydrogen-bond donors (Lipinski definition) is 2. The number of benzene rings is 1. The minimum absolute atomic E-state index is 0.351. The third-order valence-corrected chi connectivity index (χ3v) is 3.62. The molecular formula is C17H20N4O3. The lowest BCUT2D eigenvalue weighted by Crippen LogP contribution is -2.43. The summed E-state index contributed by atoms with van der Waals surface area (Å²) in [5, 5.41) is 0. The molecule has 0 spiro atoms. The maximum absolute atomic E-state index is 12.5. The first-order chi connectivity index (χ1) is 11.3. The second-order valence-corrected chi connectivity index (χ2v) is 5.59. The van der Waals surface area contributed by atoms with Gasteiger partial charge in [0.15, 0.2) is 0 Å². The Balaban J connectivity index is 2.26. The lowest BCUT2D eigenvalue weighted by Gasteiger charge is -2.19. The summed E-state index contributed by atoms with van der Waals surface area (Å²) in [6, 6.07) is 10.9. The van der Waals surface area contributed by atoms with Gasteiger partial charge in [-0.1, -0.05) is 0 Å². The number of hydrogen-bond acceptors (Lipinski definition) is 3. The van der Waals surface area contributed by atoms with Crippen LogP contribution in [0.25, 0.3) is 5.69 Å². The molecule has 0 radical (unpaired) electrons. The van der Waals surface area contributed by atoms with Gasteiger partial charge < -0.3 is 20.9 Å². The molecule has 0 aliphatic rings. The van der Waals surface area contributed by atoms with E-state index in [1.165, 1.54) is 0 Å². The van der Waals surface area contributed by atoms with Crippen molar-refractivity contribution in [3.05, 3.63) is 53.3 Å². The zero-order chi connectivity index (χ0) is 17.9. The van der Waals surface area contributed by atoms with Crippen molar-refractivity contribution in [2.24, 2.45) is 11.5 Å². The van der Waals surface area contributed by atoms with Crippen LogP contribution < -0.4 is 11.5 Å². The highest BCUT2D eigenvalue weighted by Crippen LogP contribution is 2.17. The number of carbonyl (C=O) groups excluding carboxylic acids is 3. The van der Waals surface area contributed by atoms with Gasteiger partial charge in [0.2, 0.25) is 11.8 Å². The molecule has 0 saturated carbocycles. The maximum atomic E-state index is 12.5. The standard InChI is InChI=1S/C17H20N4O3/c1-11-3-4-12(2)21(11)14-7-5-13(6-8-14)17(24)20(9-15(18)22)10-16(19)23/h3-8H,9-10H2,1-2H3,(H2,18,22)(H2,19,23). The van der Waals surface area contributed by atoms with E-state index in [1.807, 2.05) is 26.0 Å². The van der Waals surface area contributed by atoms with E-state index in [9.17, 15) is 14.4 Å². The lowest BCUT2D eigenvalue weighted by molar-refractivity contribution is -0.121. The molecule has 1 heterocycles. The molecule has 0 fully saturated rings. The molecule has 1 aromatic carbocycles. The van der Waals surface area contributed by atoms with E-state index in [2.05, 4.69) is 4.57 Å². The molecule has 3 amide bonds. The summed E-state index contributed by atoms with van der Waals surface area (Å²) in [7, 11) is 0. The van der Waals surface area contributed by atoms with Crippen molar-refractivity contribution in [3.8, 4) is 5.69 Å². The fraction of sp³-hybridized carbons (Fsp3) is 0.235. The Labute approximate surface area is 139 Å². The molecule has 0 aliphatic heterocycles. The van der Waals surface area contributed by atoms with Crippen molar-refractivity contribution in [3.63, 3.8) is 0 Å². The van der Waals surface area contributed by atoms with Gasteiger partial charge >= 0.3 is 0 Å². The average molecular weight is 328 g/mol. The van der Waals surface area contributed by atoms with Crippen molar-refractivity contribution in [2.75, 3.05) is 13.1 Å². The first-order valence-electron chi connectivity index (χ1n) is 7.41. The lowest BCUT2D eigenvalue weighted by atomic mass is 10.1. The molecule has 7 nitrogen and oxygen atoms in total. The highest BCUT2D eigenvalue weighted by atomic mass is 16.2. The van der Waals surface area contributed by atoms with Crippen LogP contribution in [0.1, 0.15) is 21.7 Å². The number of carbonyl (C=O) groups is 3. The normalized spacial score (nSPS) is 10.4. The second-order valence-electron chi connectivity index (χ2n) is 5.59. The van der Waals surface area contributed by atoms with Crippen LogP contribution in [-0.2, 0) is 9.59 Å². The van der Waals surface area contributed by atoms with Gasteiger partial charge in [-0.2, -0.15) is 0 Å². The van der Waals surface area contributed by atoms with E-state index >= 15 is 0 Å². The van der Waals surface area contributed by atoms with Crippen LogP contribution in [0.4, 0.5) is 0 Å². The van der Waals surface area contributed by atoms with Crippen LogP contribution in [0.3, 0.4) is 0 Å². The largest absolute Gasteiger partial charge is 0.368 e. The highest BCUT2D eigenvalue weighted by molar-refractivity contribution is 5.98. The summed E-state index contributed by atoms with van der Waals surface area (Å²) in [5.41, 5.74) is 13.7. The molecular weight excluding hydrogens is 308 g/mol. The second kappa shape index (κ2) is 6.99. The third kappa shape index (κ3) is 3.81. The summed E-state index contributed by atoms with van der Waals surface area (Å²) in [5.74, 6) is -1.89. The zero-order valence-corrected chi connectivity index (χ0v) is 13.7. The summed E-state index contributed by atoms with van der Waals surface area (Å²) in [6.07, 6.45) is 0. The van der Waals surface area contributed by atoms with E-state index in [4.69, 9.17) is 11.5 Å². The van der Waals surface area contributed by atoms with Gasteiger partial charge in [0, 0.05) is 22.6 Å². The first kappa shape index (κ1) is 17.3. The van der Waals surface area contributed by atoms with E-state index in [1.54, 1.807) is 24.3 Å². The first-order valence-corrected chi connectivity index (χ1v) is 7.41. The molecule has 0 saturated heterocycles. The van der Waals surface area contributed by atoms with Gasteiger partial charge in [0.1, 0.15) is 13.1 Å². The smallest absolute Gasteiger partial charge is 0.254 e. The predicted molar refractivity (Wildman–Crippen MR) is 89.5 cm³/mol. The van der Waals surface area contributed by atoms with Gasteiger partial charge in [0.25, 0.3) is 5.91 Å². The molecule has 24 heavy (non-hydrogen) atoms. The molecule has 7 heteroatoms. The summed E-state index contributed by atoms with van der Waals surface area (Å²) in [4.78, 5) is 35.7. The Bertz CT molecular complexity index is 742. The molecule has 2 aromatic rings. The quantitative estimate of drug-likeness (QED) is 0.805. The van der Waals surface area contributed by atoms with Crippen LogP contribution in [0, 0.1) is 13.8 Å². The van der Waals surface area contributed by atoms with E-state index in [-0.39, 0.29) is 13.1 Å². The summed E-state index contributed by atoms with van der Waals surface area (Å²) < 4.78 is 2.05. The van der Waals surface area contributed by atoms with Crippen LogP contribution in [0.5, 0.6) is 0 Å². The fourth-order valence-corrected chi connectivity index (χ4v) is 2.59. The van der Waals surface area contributed by atoms with E-state index in [0.717, 1.165) is 22.0 Å². The number of nitrogens with two attached hydrogens (primary N) is 2. The number of aromatic nitrogens is 1. The predicted octanol–water partition coefficient (Wildman–Crippen LogP) is 0.507.